The third kappa shape index (κ3) is 4.30. The maximum Gasteiger partial charge on any atom is 0.317 e. The highest BCUT2D eigenvalue weighted by Gasteiger charge is 2.22. The fraction of sp³-hybridized carbons (Fsp3) is 0.364. The highest BCUT2D eigenvalue weighted by atomic mass is 19.2. The number of rotatable bonds is 6. The highest BCUT2D eigenvalue weighted by molar-refractivity contribution is 5.90. The lowest BCUT2D eigenvalue weighted by Gasteiger charge is -2.15. The van der Waals surface area contributed by atoms with Crippen molar-refractivity contribution >= 4 is 11.9 Å². The average molecular weight is 457 g/mol. The first-order valence-electron chi connectivity index (χ1n) is 10.6. The molecular formula is C22H25F2N7O2. The Morgan fingerprint density at radius 1 is 1.12 bits per heavy atom. The molecule has 1 saturated heterocycles. The summed E-state index contributed by atoms with van der Waals surface area (Å²) in [4.78, 5) is 29.1. The molecule has 3 amide bonds. The molecule has 174 valence electrons. The van der Waals surface area contributed by atoms with E-state index in [0.29, 0.717) is 24.3 Å². The van der Waals surface area contributed by atoms with Crippen LogP contribution in [0.2, 0.25) is 0 Å². The van der Waals surface area contributed by atoms with Crippen molar-refractivity contribution in [3.63, 3.8) is 0 Å². The zero-order chi connectivity index (χ0) is 23.7. The van der Waals surface area contributed by atoms with E-state index in [1.165, 1.54) is 29.9 Å². The average Bonchev–Trinajstić information content (AvgIpc) is 3.51. The number of hydrogen-bond donors (Lipinski definition) is 2. The maximum atomic E-state index is 15.1. The summed E-state index contributed by atoms with van der Waals surface area (Å²) >= 11 is 0. The highest BCUT2D eigenvalue weighted by Crippen LogP contribution is 2.32. The van der Waals surface area contributed by atoms with Gasteiger partial charge in [0.1, 0.15) is 0 Å². The molecule has 1 aromatic carbocycles. The van der Waals surface area contributed by atoms with Gasteiger partial charge in [-0.3, -0.25) is 9.48 Å². The van der Waals surface area contributed by atoms with Crippen LogP contribution in [0.25, 0.3) is 22.4 Å². The van der Waals surface area contributed by atoms with Gasteiger partial charge in [-0.1, -0.05) is 6.07 Å². The van der Waals surface area contributed by atoms with E-state index in [9.17, 15) is 14.0 Å². The Labute approximate surface area is 189 Å². The van der Waals surface area contributed by atoms with Crippen LogP contribution in [0.4, 0.5) is 13.6 Å². The number of aryl methyl sites for hydroxylation is 1. The van der Waals surface area contributed by atoms with Crippen LogP contribution in [0.15, 0.2) is 24.5 Å². The first-order valence-corrected chi connectivity index (χ1v) is 10.6. The Morgan fingerprint density at radius 2 is 1.79 bits per heavy atom. The number of primary amides is 1. The Balaban J connectivity index is 1.52. The van der Waals surface area contributed by atoms with Crippen molar-refractivity contribution in [3.8, 4) is 22.4 Å². The van der Waals surface area contributed by atoms with E-state index in [-0.39, 0.29) is 28.7 Å². The van der Waals surface area contributed by atoms with Gasteiger partial charge >= 0.3 is 6.03 Å². The minimum atomic E-state index is -1.06. The van der Waals surface area contributed by atoms with Crippen LogP contribution in [-0.4, -0.2) is 55.8 Å². The van der Waals surface area contributed by atoms with Crippen LogP contribution in [0.3, 0.4) is 0 Å². The molecule has 0 bridgehead atoms. The predicted molar refractivity (Wildman–Crippen MR) is 117 cm³/mol. The lowest BCUT2D eigenvalue weighted by atomic mass is 10.0. The molecule has 1 aliphatic heterocycles. The van der Waals surface area contributed by atoms with Crippen molar-refractivity contribution < 1.29 is 18.4 Å². The fourth-order valence-corrected chi connectivity index (χ4v) is 4.05. The number of hydrogen-bond acceptors (Lipinski definition) is 4. The number of imidazole rings is 1. The molecule has 0 radical (unpaired) electrons. The van der Waals surface area contributed by atoms with E-state index in [1.807, 2.05) is 0 Å². The molecule has 0 spiro atoms. The van der Waals surface area contributed by atoms with Crippen molar-refractivity contribution in [2.45, 2.75) is 26.3 Å². The van der Waals surface area contributed by atoms with E-state index >= 15 is 4.39 Å². The van der Waals surface area contributed by atoms with Crippen molar-refractivity contribution in [3.05, 3.63) is 47.7 Å². The molecule has 33 heavy (non-hydrogen) atoms. The number of likely N-dealkylation sites (tertiary alicyclic amines) is 1. The monoisotopic (exact) mass is 457 g/mol. The molecule has 4 rings (SSSR count). The number of nitrogens with one attached hydrogen (secondary N) is 1. The van der Waals surface area contributed by atoms with Crippen LogP contribution in [0.5, 0.6) is 0 Å². The summed E-state index contributed by atoms with van der Waals surface area (Å²) in [7, 11) is 1.50. The van der Waals surface area contributed by atoms with Gasteiger partial charge in [0.05, 0.1) is 24.1 Å². The number of amides is 3. The number of urea groups is 1. The molecule has 3 heterocycles. The van der Waals surface area contributed by atoms with E-state index in [2.05, 4.69) is 15.4 Å². The lowest BCUT2D eigenvalue weighted by Crippen LogP contribution is -2.39. The lowest BCUT2D eigenvalue weighted by molar-refractivity contribution is 0.0987. The third-order valence-electron chi connectivity index (χ3n) is 5.81. The van der Waals surface area contributed by atoms with Gasteiger partial charge in [0.15, 0.2) is 17.5 Å². The van der Waals surface area contributed by atoms with Gasteiger partial charge in [-0.15, -0.1) is 0 Å². The quantitative estimate of drug-likeness (QED) is 0.592. The molecule has 0 unspecified atom stereocenters. The normalized spacial score (nSPS) is 13.5. The van der Waals surface area contributed by atoms with Crippen LogP contribution in [0, 0.1) is 18.6 Å². The zero-order valence-electron chi connectivity index (χ0n) is 18.4. The van der Waals surface area contributed by atoms with Crippen LogP contribution < -0.4 is 11.1 Å². The SMILES string of the molecule is Cc1nn(CCNC(=O)N2CCCC2)cc1-c1ccc(-c2cnc(C(N)=O)n2C)c(F)c1F. The molecule has 3 N–H and O–H groups in total. The number of benzene rings is 1. The van der Waals surface area contributed by atoms with Gasteiger partial charge in [-0.2, -0.15) is 5.10 Å². The maximum absolute atomic E-state index is 15.1. The minimum Gasteiger partial charge on any atom is -0.363 e. The smallest absolute Gasteiger partial charge is 0.317 e. The first-order chi connectivity index (χ1) is 15.8. The van der Waals surface area contributed by atoms with Gasteiger partial charge in [0.25, 0.3) is 5.91 Å². The van der Waals surface area contributed by atoms with Crippen LogP contribution in [0.1, 0.15) is 29.2 Å². The molecule has 9 nitrogen and oxygen atoms in total. The van der Waals surface area contributed by atoms with Crippen molar-refractivity contribution in [2.75, 3.05) is 19.6 Å². The Bertz CT molecular complexity index is 1210. The third-order valence-corrected chi connectivity index (χ3v) is 5.81. The summed E-state index contributed by atoms with van der Waals surface area (Å²) in [6.45, 7) is 4.00. The van der Waals surface area contributed by atoms with Crippen molar-refractivity contribution in [2.24, 2.45) is 12.8 Å². The predicted octanol–water partition coefficient (Wildman–Crippen LogP) is 2.44. The number of nitrogens with two attached hydrogens (primary N) is 1. The second kappa shape index (κ2) is 9.00. The second-order valence-electron chi connectivity index (χ2n) is 8.00. The summed E-state index contributed by atoms with van der Waals surface area (Å²) in [6, 6.07) is 2.80. The van der Waals surface area contributed by atoms with E-state index in [4.69, 9.17) is 5.73 Å². The molecular weight excluding hydrogens is 432 g/mol. The number of nitrogens with zero attached hydrogens (tertiary/aromatic N) is 5. The molecule has 2 aromatic heterocycles. The van der Waals surface area contributed by atoms with Crippen molar-refractivity contribution in [1.82, 2.24) is 29.5 Å². The first kappa shape index (κ1) is 22.4. The molecule has 1 fully saturated rings. The number of carbonyl (C=O) groups is 2. The van der Waals surface area contributed by atoms with Gasteiger partial charge in [-0.05, 0) is 25.8 Å². The topological polar surface area (TPSA) is 111 Å². The van der Waals surface area contributed by atoms with Crippen LogP contribution in [-0.2, 0) is 13.6 Å². The number of aromatic nitrogens is 4. The summed E-state index contributed by atoms with van der Waals surface area (Å²) < 4.78 is 33.0. The molecule has 0 atom stereocenters. The van der Waals surface area contributed by atoms with E-state index in [1.54, 1.807) is 22.7 Å². The van der Waals surface area contributed by atoms with Gasteiger partial charge < -0.3 is 20.5 Å². The zero-order valence-corrected chi connectivity index (χ0v) is 18.4. The van der Waals surface area contributed by atoms with Gasteiger partial charge in [0.2, 0.25) is 0 Å². The fourth-order valence-electron chi connectivity index (χ4n) is 4.05. The summed E-state index contributed by atoms with van der Waals surface area (Å²) in [5.74, 6) is -2.90. The Kier molecular flexibility index (Phi) is 6.12. The molecule has 11 heteroatoms. The van der Waals surface area contributed by atoms with Gasteiger partial charge in [-0.25, -0.2) is 18.6 Å². The molecule has 0 saturated carbocycles. The van der Waals surface area contributed by atoms with Crippen LogP contribution >= 0.6 is 0 Å². The Morgan fingerprint density at radius 3 is 2.45 bits per heavy atom. The summed E-state index contributed by atoms with van der Waals surface area (Å²) in [5.41, 5.74) is 6.50. The molecule has 0 aliphatic carbocycles. The van der Waals surface area contributed by atoms with E-state index < -0.39 is 17.5 Å². The van der Waals surface area contributed by atoms with E-state index in [0.717, 1.165) is 25.9 Å². The number of carbonyl (C=O) groups excluding carboxylic acids is 2. The largest absolute Gasteiger partial charge is 0.363 e. The Hall–Kier alpha value is -3.76. The standard InChI is InChI=1S/C22H25F2N7O2/c1-13-16(12-31(28-13)10-7-26-22(33)30-8-3-4-9-30)14-5-6-15(19(24)18(14)23)17-11-27-21(20(25)32)29(17)2/h5-6,11-12H,3-4,7-10H2,1-2H3,(H2,25,32)(H,26,33). The summed E-state index contributed by atoms with van der Waals surface area (Å²) in [6.07, 6.45) is 4.94. The summed E-state index contributed by atoms with van der Waals surface area (Å²) in [5, 5.41) is 7.22. The molecule has 1 aliphatic rings. The second-order valence-corrected chi connectivity index (χ2v) is 8.00. The van der Waals surface area contributed by atoms with Crippen molar-refractivity contribution in [1.29, 1.82) is 0 Å². The minimum absolute atomic E-state index is 0.0339. The molecule has 3 aromatic rings. The van der Waals surface area contributed by atoms with Gasteiger partial charge in [0, 0.05) is 49.6 Å². The number of halogens is 2.